The third kappa shape index (κ3) is 2.87. The maximum absolute atomic E-state index is 12.4. The van der Waals surface area contributed by atoms with E-state index in [-0.39, 0.29) is 12.2 Å². The molecule has 5 heteroatoms. The quantitative estimate of drug-likeness (QED) is 0.734. The van der Waals surface area contributed by atoms with Gasteiger partial charge in [0, 0.05) is 15.8 Å². The Morgan fingerprint density at radius 1 is 1.33 bits per heavy atom. The Labute approximate surface area is 125 Å². The molecule has 104 valence electrons. The minimum atomic E-state index is -0.154. The molecule has 0 radical (unpaired) electrons. The summed E-state index contributed by atoms with van der Waals surface area (Å²) in [7, 11) is 0. The van der Waals surface area contributed by atoms with Crippen LogP contribution in [0.2, 0.25) is 0 Å². The van der Waals surface area contributed by atoms with Crippen LogP contribution in [0.1, 0.15) is 10.4 Å². The van der Waals surface area contributed by atoms with Crippen molar-refractivity contribution in [2.75, 3.05) is 6.61 Å². The Balaban J connectivity index is 1.93. The standard InChI is InChI=1S/C16H12N2O2S/c19-7-3-4-12-8-13(21-10-12)9-18-11-17-15-6-2-1-5-14(15)16(18)20/h1-2,5-6,8,10-11,19H,7,9H2. The molecule has 1 aromatic carbocycles. The molecule has 0 bridgehead atoms. The fraction of sp³-hybridized carbons (Fsp3) is 0.125. The van der Waals surface area contributed by atoms with Crippen molar-refractivity contribution in [2.24, 2.45) is 0 Å². The lowest BCUT2D eigenvalue weighted by Gasteiger charge is -2.04. The van der Waals surface area contributed by atoms with Crippen LogP contribution in [0.15, 0.2) is 46.8 Å². The van der Waals surface area contributed by atoms with E-state index >= 15 is 0 Å². The molecule has 0 spiro atoms. The molecule has 3 rings (SSSR count). The van der Waals surface area contributed by atoms with Crippen molar-refractivity contribution in [3.63, 3.8) is 0 Å². The van der Waals surface area contributed by atoms with Gasteiger partial charge in [0.05, 0.1) is 23.8 Å². The molecule has 0 aliphatic carbocycles. The van der Waals surface area contributed by atoms with Crippen molar-refractivity contribution in [1.29, 1.82) is 0 Å². The Morgan fingerprint density at radius 2 is 2.19 bits per heavy atom. The predicted octanol–water partition coefficient (Wildman–Crippen LogP) is 1.85. The highest BCUT2D eigenvalue weighted by Gasteiger charge is 2.05. The molecule has 0 atom stereocenters. The van der Waals surface area contributed by atoms with Crippen molar-refractivity contribution in [2.45, 2.75) is 6.54 Å². The zero-order valence-electron chi connectivity index (χ0n) is 11.1. The summed E-state index contributed by atoms with van der Waals surface area (Å²) < 4.78 is 1.59. The molecule has 0 aliphatic heterocycles. The monoisotopic (exact) mass is 296 g/mol. The summed E-state index contributed by atoms with van der Waals surface area (Å²) in [6.45, 7) is 0.321. The summed E-state index contributed by atoms with van der Waals surface area (Å²) >= 11 is 1.54. The lowest BCUT2D eigenvalue weighted by atomic mass is 10.2. The van der Waals surface area contributed by atoms with Crippen molar-refractivity contribution >= 4 is 22.2 Å². The minimum absolute atomic E-state index is 0.0445. The van der Waals surface area contributed by atoms with Gasteiger partial charge in [-0.15, -0.1) is 11.3 Å². The molecule has 0 saturated carbocycles. The first-order valence-electron chi connectivity index (χ1n) is 6.39. The Bertz CT molecular complexity index is 900. The second-order valence-electron chi connectivity index (χ2n) is 4.46. The van der Waals surface area contributed by atoms with Crippen LogP contribution in [0.3, 0.4) is 0 Å². The molecular weight excluding hydrogens is 284 g/mol. The molecule has 0 amide bonds. The van der Waals surface area contributed by atoms with Crippen molar-refractivity contribution < 1.29 is 5.11 Å². The lowest BCUT2D eigenvalue weighted by molar-refractivity contribution is 0.350. The number of nitrogens with zero attached hydrogens (tertiary/aromatic N) is 2. The van der Waals surface area contributed by atoms with E-state index in [1.165, 1.54) is 11.3 Å². The molecule has 0 saturated heterocycles. The lowest BCUT2D eigenvalue weighted by Crippen LogP contribution is -2.20. The predicted molar refractivity (Wildman–Crippen MR) is 83.4 cm³/mol. The molecule has 2 heterocycles. The van der Waals surface area contributed by atoms with E-state index < -0.39 is 0 Å². The second-order valence-corrected chi connectivity index (χ2v) is 5.45. The van der Waals surface area contributed by atoms with Crippen LogP contribution in [-0.2, 0) is 6.54 Å². The highest BCUT2D eigenvalue weighted by atomic mass is 32.1. The smallest absolute Gasteiger partial charge is 0.261 e. The second kappa shape index (κ2) is 5.92. The van der Waals surface area contributed by atoms with Crippen LogP contribution in [0, 0.1) is 11.8 Å². The SMILES string of the molecule is O=c1c2ccccc2ncn1Cc1cc(C#CCO)cs1. The van der Waals surface area contributed by atoms with Gasteiger partial charge in [-0.3, -0.25) is 9.36 Å². The van der Waals surface area contributed by atoms with Gasteiger partial charge in [0.15, 0.2) is 0 Å². The van der Waals surface area contributed by atoms with Crippen LogP contribution in [0.25, 0.3) is 10.9 Å². The van der Waals surface area contributed by atoms with E-state index in [0.29, 0.717) is 17.4 Å². The number of aromatic nitrogens is 2. The Hall–Kier alpha value is -2.42. The highest BCUT2D eigenvalue weighted by Crippen LogP contribution is 2.15. The minimum Gasteiger partial charge on any atom is -0.384 e. The number of aliphatic hydroxyl groups excluding tert-OH is 1. The summed E-state index contributed by atoms with van der Waals surface area (Å²) in [6.07, 6.45) is 1.57. The summed E-state index contributed by atoms with van der Waals surface area (Å²) in [5.74, 6) is 5.46. The molecule has 21 heavy (non-hydrogen) atoms. The van der Waals surface area contributed by atoms with Gasteiger partial charge in [-0.25, -0.2) is 4.98 Å². The fourth-order valence-electron chi connectivity index (χ4n) is 2.06. The molecule has 1 N–H and O–H groups in total. The number of fused-ring (bicyclic) bond motifs is 1. The number of hydrogen-bond donors (Lipinski definition) is 1. The molecule has 2 aromatic heterocycles. The van der Waals surface area contributed by atoms with Crippen molar-refractivity contribution in [1.82, 2.24) is 9.55 Å². The number of rotatable bonds is 2. The molecule has 0 unspecified atom stereocenters. The maximum atomic E-state index is 12.4. The molecular formula is C16H12N2O2S. The number of hydrogen-bond acceptors (Lipinski definition) is 4. The van der Waals surface area contributed by atoms with E-state index in [0.717, 1.165) is 10.4 Å². The van der Waals surface area contributed by atoms with E-state index in [1.807, 2.05) is 29.6 Å². The van der Waals surface area contributed by atoms with E-state index in [9.17, 15) is 4.79 Å². The average molecular weight is 296 g/mol. The number of benzene rings is 1. The summed E-state index contributed by atoms with van der Waals surface area (Å²) in [5.41, 5.74) is 1.52. The topological polar surface area (TPSA) is 55.1 Å². The van der Waals surface area contributed by atoms with Crippen molar-refractivity contribution in [3.05, 3.63) is 62.8 Å². The molecule has 0 aliphatic rings. The van der Waals surface area contributed by atoms with Crippen LogP contribution >= 0.6 is 11.3 Å². The van der Waals surface area contributed by atoms with Crippen LogP contribution in [0.4, 0.5) is 0 Å². The van der Waals surface area contributed by atoms with Crippen molar-refractivity contribution in [3.8, 4) is 11.8 Å². The van der Waals surface area contributed by atoms with Crippen LogP contribution in [0.5, 0.6) is 0 Å². The van der Waals surface area contributed by atoms with Crippen LogP contribution in [-0.4, -0.2) is 21.3 Å². The van der Waals surface area contributed by atoms with Gasteiger partial charge in [-0.2, -0.15) is 0 Å². The average Bonchev–Trinajstić information content (AvgIpc) is 2.96. The first kappa shape index (κ1) is 13.6. The Kier molecular flexibility index (Phi) is 3.82. The van der Waals surface area contributed by atoms with E-state index in [4.69, 9.17) is 5.11 Å². The van der Waals surface area contributed by atoms with E-state index in [1.54, 1.807) is 17.0 Å². The maximum Gasteiger partial charge on any atom is 0.261 e. The fourth-order valence-corrected chi connectivity index (χ4v) is 2.87. The summed E-state index contributed by atoms with van der Waals surface area (Å²) in [6, 6.07) is 9.24. The van der Waals surface area contributed by atoms with Gasteiger partial charge in [0.2, 0.25) is 0 Å². The molecule has 0 fully saturated rings. The summed E-state index contributed by atoms with van der Waals surface area (Å²) in [5, 5.41) is 11.2. The van der Waals surface area contributed by atoms with E-state index in [2.05, 4.69) is 16.8 Å². The number of aliphatic hydroxyl groups is 1. The first-order chi connectivity index (χ1) is 10.3. The zero-order chi connectivity index (χ0) is 14.7. The van der Waals surface area contributed by atoms with Gasteiger partial charge in [-0.05, 0) is 18.2 Å². The summed E-state index contributed by atoms with van der Waals surface area (Å²) in [4.78, 5) is 17.7. The van der Waals surface area contributed by atoms with Gasteiger partial charge in [0.25, 0.3) is 5.56 Å². The first-order valence-corrected chi connectivity index (χ1v) is 7.27. The van der Waals surface area contributed by atoms with Gasteiger partial charge >= 0.3 is 0 Å². The zero-order valence-corrected chi connectivity index (χ0v) is 11.9. The van der Waals surface area contributed by atoms with Gasteiger partial charge < -0.3 is 5.11 Å². The number of para-hydroxylation sites is 1. The van der Waals surface area contributed by atoms with Gasteiger partial charge in [-0.1, -0.05) is 24.0 Å². The largest absolute Gasteiger partial charge is 0.384 e. The Morgan fingerprint density at radius 3 is 3.05 bits per heavy atom. The third-order valence-corrected chi connectivity index (χ3v) is 3.94. The van der Waals surface area contributed by atoms with Gasteiger partial charge in [0.1, 0.15) is 6.61 Å². The number of thiophene rings is 1. The highest BCUT2D eigenvalue weighted by molar-refractivity contribution is 7.10. The normalized spacial score (nSPS) is 10.3. The van der Waals surface area contributed by atoms with Crippen LogP contribution < -0.4 is 5.56 Å². The third-order valence-electron chi connectivity index (χ3n) is 3.02. The molecule has 4 nitrogen and oxygen atoms in total. The molecule has 3 aromatic rings.